The summed E-state index contributed by atoms with van der Waals surface area (Å²) in [6, 6.07) is 10.4. The van der Waals surface area contributed by atoms with Crippen LogP contribution in [0.15, 0.2) is 42.5 Å². The Morgan fingerprint density at radius 3 is 2.59 bits per heavy atom. The summed E-state index contributed by atoms with van der Waals surface area (Å²) >= 11 is 6.08. The zero-order valence-electron chi connectivity index (χ0n) is 11.9. The van der Waals surface area contributed by atoms with E-state index in [0.29, 0.717) is 5.02 Å². The van der Waals surface area contributed by atoms with Gasteiger partial charge in [0, 0.05) is 22.8 Å². The number of halogens is 3. The number of nitrogens with one attached hydrogen (secondary N) is 2. The van der Waals surface area contributed by atoms with Gasteiger partial charge in [-0.3, -0.25) is 4.79 Å². The molecule has 1 amide bonds. The van der Waals surface area contributed by atoms with Gasteiger partial charge in [0.25, 0.3) is 0 Å². The molecule has 3 nitrogen and oxygen atoms in total. The zero-order chi connectivity index (χ0) is 16.1. The lowest BCUT2D eigenvalue weighted by Gasteiger charge is -2.15. The van der Waals surface area contributed by atoms with Crippen molar-refractivity contribution in [3.8, 4) is 0 Å². The molecule has 0 aliphatic rings. The van der Waals surface area contributed by atoms with E-state index in [1.807, 2.05) is 25.1 Å². The van der Waals surface area contributed by atoms with Crippen LogP contribution >= 0.6 is 11.6 Å². The minimum atomic E-state index is -1.00. The lowest BCUT2D eigenvalue weighted by molar-refractivity contribution is -0.115. The molecule has 2 N–H and O–H groups in total. The van der Waals surface area contributed by atoms with Gasteiger partial charge in [-0.1, -0.05) is 29.8 Å². The molecule has 0 aliphatic heterocycles. The molecule has 116 valence electrons. The molecule has 22 heavy (non-hydrogen) atoms. The number of hydrogen-bond acceptors (Lipinski definition) is 2. The number of carbonyl (C=O) groups excluding carboxylic acids is 1. The Balaban J connectivity index is 1.90. The second kappa shape index (κ2) is 7.33. The average Bonchev–Trinajstić information content (AvgIpc) is 2.49. The second-order valence-corrected chi connectivity index (χ2v) is 5.21. The van der Waals surface area contributed by atoms with E-state index in [4.69, 9.17) is 11.6 Å². The number of hydrogen-bond donors (Lipinski definition) is 2. The molecule has 2 aromatic carbocycles. The molecule has 1 unspecified atom stereocenters. The van der Waals surface area contributed by atoms with Gasteiger partial charge in [0.15, 0.2) is 11.6 Å². The normalized spacial score (nSPS) is 12.0. The van der Waals surface area contributed by atoms with Gasteiger partial charge in [0.1, 0.15) is 0 Å². The molecule has 0 bridgehead atoms. The number of benzene rings is 2. The van der Waals surface area contributed by atoms with Crippen LogP contribution in [0.2, 0.25) is 5.02 Å². The first-order valence-corrected chi connectivity index (χ1v) is 7.08. The molecule has 0 radical (unpaired) electrons. The molecule has 0 saturated carbocycles. The van der Waals surface area contributed by atoms with E-state index in [0.717, 1.165) is 17.7 Å². The number of carbonyl (C=O) groups is 1. The Kier molecular flexibility index (Phi) is 5.46. The highest BCUT2D eigenvalue weighted by molar-refractivity contribution is 6.31. The van der Waals surface area contributed by atoms with Crippen LogP contribution in [0.4, 0.5) is 14.5 Å². The Hall–Kier alpha value is -1.98. The molecule has 0 saturated heterocycles. The monoisotopic (exact) mass is 324 g/mol. The molecule has 0 spiro atoms. The van der Waals surface area contributed by atoms with Crippen LogP contribution in [0.3, 0.4) is 0 Å². The highest BCUT2D eigenvalue weighted by Crippen LogP contribution is 2.21. The summed E-state index contributed by atoms with van der Waals surface area (Å²) in [7, 11) is 0. The van der Waals surface area contributed by atoms with Gasteiger partial charge in [-0.25, -0.2) is 8.78 Å². The first kappa shape index (κ1) is 16.4. The van der Waals surface area contributed by atoms with Crippen LogP contribution < -0.4 is 10.6 Å². The van der Waals surface area contributed by atoms with Crippen molar-refractivity contribution in [1.29, 1.82) is 0 Å². The summed E-state index contributed by atoms with van der Waals surface area (Å²) in [5.74, 6) is -2.32. The molecule has 2 aromatic rings. The fourth-order valence-corrected chi connectivity index (χ4v) is 2.26. The molecule has 0 heterocycles. The highest BCUT2D eigenvalue weighted by atomic mass is 35.5. The fourth-order valence-electron chi connectivity index (χ4n) is 1.96. The van der Waals surface area contributed by atoms with Crippen molar-refractivity contribution < 1.29 is 13.6 Å². The lowest BCUT2D eigenvalue weighted by Crippen LogP contribution is -2.30. The van der Waals surface area contributed by atoms with E-state index < -0.39 is 11.6 Å². The van der Waals surface area contributed by atoms with E-state index in [1.165, 1.54) is 6.07 Å². The molecule has 0 aromatic heterocycles. The quantitative estimate of drug-likeness (QED) is 0.875. The first-order valence-electron chi connectivity index (χ1n) is 6.70. The van der Waals surface area contributed by atoms with Gasteiger partial charge in [-0.2, -0.15) is 0 Å². The summed E-state index contributed by atoms with van der Waals surface area (Å²) in [5.41, 5.74) is 1.08. The summed E-state index contributed by atoms with van der Waals surface area (Å²) in [4.78, 5) is 11.8. The molecule has 0 aliphatic carbocycles. The van der Waals surface area contributed by atoms with Crippen LogP contribution in [0, 0.1) is 11.6 Å². The molecule has 1 atom stereocenters. The van der Waals surface area contributed by atoms with Crippen molar-refractivity contribution in [2.45, 2.75) is 13.0 Å². The number of anilines is 1. The molecular formula is C16H15ClF2N2O. The molecule has 2 rings (SSSR count). The SMILES string of the molecule is CC(NCC(=O)Nc1ccc(F)c(F)c1)c1ccccc1Cl. The van der Waals surface area contributed by atoms with Crippen LogP contribution in [0.1, 0.15) is 18.5 Å². The van der Waals surface area contributed by atoms with Crippen LogP contribution in [0.25, 0.3) is 0 Å². The van der Waals surface area contributed by atoms with E-state index in [-0.39, 0.29) is 24.2 Å². The third-order valence-electron chi connectivity index (χ3n) is 3.14. The fraction of sp³-hybridized carbons (Fsp3) is 0.188. The summed E-state index contributed by atoms with van der Waals surface area (Å²) in [6.07, 6.45) is 0. The largest absolute Gasteiger partial charge is 0.325 e. The van der Waals surface area contributed by atoms with Crippen molar-refractivity contribution in [3.05, 3.63) is 64.7 Å². The van der Waals surface area contributed by atoms with Gasteiger partial charge < -0.3 is 10.6 Å². The second-order valence-electron chi connectivity index (χ2n) is 4.80. The first-order chi connectivity index (χ1) is 10.5. The average molecular weight is 325 g/mol. The van der Waals surface area contributed by atoms with Gasteiger partial charge in [0.2, 0.25) is 5.91 Å². The van der Waals surface area contributed by atoms with Crippen molar-refractivity contribution in [2.75, 3.05) is 11.9 Å². The maximum atomic E-state index is 13.1. The highest BCUT2D eigenvalue weighted by Gasteiger charge is 2.11. The van der Waals surface area contributed by atoms with E-state index in [2.05, 4.69) is 10.6 Å². The maximum Gasteiger partial charge on any atom is 0.238 e. The van der Waals surface area contributed by atoms with Gasteiger partial charge >= 0.3 is 0 Å². The Bertz CT molecular complexity index is 679. The summed E-state index contributed by atoms with van der Waals surface area (Å²) in [6.45, 7) is 1.90. The standard InChI is InChI=1S/C16H15ClF2N2O/c1-10(12-4-2-3-5-13(12)17)20-9-16(22)21-11-6-7-14(18)15(19)8-11/h2-8,10,20H,9H2,1H3,(H,21,22). The van der Waals surface area contributed by atoms with Gasteiger partial charge in [-0.15, -0.1) is 0 Å². The lowest BCUT2D eigenvalue weighted by atomic mass is 10.1. The van der Waals surface area contributed by atoms with Crippen molar-refractivity contribution in [1.82, 2.24) is 5.32 Å². The zero-order valence-corrected chi connectivity index (χ0v) is 12.6. The molecule has 6 heteroatoms. The van der Waals surface area contributed by atoms with Gasteiger partial charge in [-0.05, 0) is 30.7 Å². The van der Waals surface area contributed by atoms with Crippen LogP contribution in [0.5, 0.6) is 0 Å². The van der Waals surface area contributed by atoms with E-state index in [9.17, 15) is 13.6 Å². The third-order valence-corrected chi connectivity index (χ3v) is 3.49. The van der Waals surface area contributed by atoms with Crippen molar-refractivity contribution in [3.63, 3.8) is 0 Å². The Labute approximate surface area is 132 Å². The smallest absolute Gasteiger partial charge is 0.238 e. The minimum Gasteiger partial charge on any atom is -0.325 e. The predicted octanol–water partition coefficient (Wildman–Crippen LogP) is 3.91. The third kappa shape index (κ3) is 4.26. The number of amides is 1. The molecule has 0 fully saturated rings. The van der Waals surface area contributed by atoms with Crippen LogP contribution in [-0.4, -0.2) is 12.5 Å². The number of rotatable bonds is 5. The van der Waals surface area contributed by atoms with Crippen molar-refractivity contribution >= 4 is 23.2 Å². The Morgan fingerprint density at radius 2 is 1.91 bits per heavy atom. The van der Waals surface area contributed by atoms with E-state index >= 15 is 0 Å². The van der Waals surface area contributed by atoms with Crippen LogP contribution in [-0.2, 0) is 4.79 Å². The van der Waals surface area contributed by atoms with Crippen molar-refractivity contribution in [2.24, 2.45) is 0 Å². The van der Waals surface area contributed by atoms with E-state index in [1.54, 1.807) is 6.07 Å². The topological polar surface area (TPSA) is 41.1 Å². The minimum absolute atomic E-state index is 0.0192. The molecular weight excluding hydrogens is 310 g/mol. The summed E-state index contributed by atoms with van der Waals surface area (Å²) < 4.78 is 25.9. The predicted molar refractivity (Wildman–Crippen MR) is 82.9 cm³/mol. The maximum absolute atomic E-state index is 13.1. The Morgan fingerprint density at radius 1 is 1.18 bits per heavy atom. The summed E-state index contributed by atoms with van der Waals surface area (Å²) in [5, 5.41) is 6.13. The van der Waals surface area contributed by atoms with Gasteiger partial charge in [0.05, 0.1) is 6.54 Å².